The Balaban J connectivity index is 1.14. The van der Waals surface area contributed by atoms with E-state index in [2.05, 4.69) is 14.8 Å². The first-order chi connectivity index (χ1) is 26.3. The van der Waals surface area contributed by atoms with Crippen molar-refractivity contribution >= 4 is 54.7 Å². The Morgan fingerprint density at radius 3 is 2.20 bits per heavy atom. The molecule has 0 saturated carbocycles. The minimum Gasteiger partial charge on any atom is -0.455 e. The first-order valence-corrected chi connectivity index (χ1v) is 20.6. The normalized spacial score (nSPS) is 16.3. The number of anilines is 1. The van der Waals surface area contributed by atoms with Gasteiger partial charge in [0.05, 0.1) is 21.8 Å². The molecule has 8 rings (SSSR count). The standard InChI is InChI=1S/C39H35N5O9S2/c1-42(17-4-20-44-35(45)15-16-36(44)46)27-10-7-25(8-11-27)40-41-26-9-13-29-33(22-26)53-39-31-6-3-19-43-18-2-5-24(38(31)43)21-32(39)37(29)30-14-12-28(54(47,48)49)23-34(30)55(50,51)52/h7-16,21-23H,2-6,17-20H2,1H3,(H-,47,48,49,50,51,52)/p+1. The van der Waals surface area contributed by atoms with Crippen LogP contribution in [0.4, 0.5) is 17.1 Å². The summed E-state index contributed by atoms with van der Waals surface area (Å²) >= 11 is 0. The van der Waals surface area contributed by atoms with Gasteiger partial charge in [0.25, 0.3) is 32.1 Å². The molecule has 282 valence electrons. The SMILES string of the molecule is CN(CCCN1C(=O)C=CC1=O)c1ccc(/N=N/c2ccc3c(c2)Oc2c4c5c(cc2=C3c2ccc(S(=O)(=O)O)cc2S(=O)(=O)O)CCC[N+]=5CCC4)cc1. The van der Waals surface area contributed by atoms with Crippen molar-refractivity contribution in [1.82, 2.24) is 9.48 Å². The van der Waals surface area contributed by atoms with Gasteiger partial charge in [0.1, 0.15) is 29.5 Å². The van der Waals surface area contributed by atoms with E-state index < -0.39 is 30.0 Å². The fraction of sp³-hybridized carbons (Fsp3) is 0.256. The molecule has 0 saturated heterocycles. The number of imide groups is 1. The largest absolute Gasteiger partial charge is 0.455 e. The Kier molecular flexibility index (Phi) is 9.23. The third kappa shape index (κ3) is 6.97. The highest BCUT2D eigenvalue weighted by Gasteiger charge is 2.33. The Hall–Kier alpha value is -5.55. The second-order valence-electron chi connectivity index (χ2n) is 13.9. The number of fused-ring (bicyclic) bond motifs is 3. The summed E-state index contributed by atoms with van der Waals surface area (Å²) in [5.74, 6) is 0.330. The molecule has 4 aromatic carbocycles. The molecule has 4 aliphatic heterocycles. The fourth-order valence-electron chi connectivity index (χ4n) is 7.76. The summed E-state index contributed by atoms with van der Waals surface area (Å²) in [5.41, 5.74) is 5.01. The Labute approximate surface area is 316 Å². The maximum Gasteiger partial charge on any atom is 0.295 e. The summed E-state index contributed by atoms with van der Waals surface area (Å²) in [4.78, 5) is 25.5. The quantitative estimate of drug-likeness (QED) is 0.0905. The second-order valence-corrected chi connectivity index (χ2v) is 16.7. The van der Waals surface area contributed by atoms with E-state index in [1.165, 1.54) is 23.1 Å². The number of amides is 2. The first-order valence-electron chi connectivity index (χ1n) is 17.8. The maximum absolute atomic E-state index is 12.8. The average molecular weight is 783 g/mol. The zero-order chi connectivity index (χ0) is 38.6. The van der Waals surface area contributed by atoms with Crippen molar-refractivity contribution in [3.63, 3.8) is 0 Å². The van der Waals surface area contributed by atoms with Gasteiger partial charge in [-0.25, -0.2) is 4.58 Å². The van der Waals surface area contributed by atoms with Crippen molar-refractivity contribution in [2.24, 2.45) is 10.2 Å². The summed E-state index contributed by atoms with van der Waals surface area (Å²) in [6.07, 6.45) is 6.56. The fourth-order valence-corrected chi connectivity index (χ4v) is 9.07. The number of carbonyl (C=O) groups is 2. The number of hydrogen-bond donors (Lipinski definition) is 2. The molecule has 14 nitrogen and oxygen atoms in total. The lowest BCUT2D eigenvalue weighted by Gasteiger charge is -2.27. The lowest BCUT2D eigenvalue weighted by molar-refractivity contribution is -0.136. The number of nitrogens with zero attached hydrogens (tertiary/aromatic N) is 5. The van der Waals surface area contributed by atoms with Gasteiger partial charge in [-0.15, -0.1) is 0 Å². The van der Waals surface area contributed by atoms with Crippen LogP contribution in [0.25, 0.3) is 5.57 Å². The predicted molar refractivity (Wildman–Crippen MR) is 202 cm³/mol. The Morgan fingerprint density at radius 2 is 1.49 bits per heavy atom. The Morgan fingerprint density at radius 1 is 0.818 bits per heavy atom. The zero-order valence-corrected chi connectivity index (χ0v) is 31.3. The molecule has 4 aliphatic rings. The van der Waals surface area contributed by atoms with Crippen LogP contribution in [-0.4, -0.2) is 75.9 Å². The van der Waals surface area contributed by atoms with Crippen molar-refractivity contribution in [2.75, 3.05) is 38.1 Å². The van der Waals surface area contributed by atoms with Crippen LogP contribution in [0.5, 0.6) is 11.5 Å². The smallest absolute Gasteiger partial charge is 0.295 e. The molecule has 4 heterocycles. The van der Waals surface area contributed by atoms with Gasteiger partial charge in [-0.05, 0) is 73.9 Å². The van der Waals surface area contributed by atoms with Gasteiger partial charge in [-0.1, -0.05) is 6.07 Å². The van der Waals surface area contributed by atoms with Gasteiger partial charge in [0.2, 0.25) is 5.36 Å². The van der Waals surface area contributed by atoms with Gasteiger partial charge in [0.15, 0.2) is 0 Å². The maximum atomic E-state index is 12.8. The number of rotatable bonds is 10. The van der Waals surface area contributed by atoms with Crippen molar-refractivity contribution in [3.05, 3.63) is 112 Å². The lowest BCUT2D eigenvalue weighted by Crippen LogP contribution is -2.45. The number of azo groups is 1. The van der Waals surface area contributed by atoms with Crippen molar-refractivity contribution in [3.8, 4) is 11.5 Å². The van der Waals surface area contributed by atoms with E-state index in [4.69, 9.17) is 4.74 Å². The molecular formula is C39H36N5O9S2+. The topological polar surface area (TPSA) is 186 Å². The van der Waals surface area contributed by atoms with Crippen LogP contribution in [0.1, 0.15) is 41.5 Å². The van der Waals surface area contributed by atoms with E-state index in [0.29, 0.717) is 58.7 Å². The third-order valence-electron chi connectivity index (χ3n) is 10.3. The third-order valence-corrected chi connectivity index (χ3v) is 12.1. The Bertz CT molecular complexity index is 2710. The van der Waals surface area contributed by atoms with E-state index in [1.54, 1.807) is 18.2 Å². The van der Waals surface area contributed by atoms with E-state index in [9.17, 15) is 35.5 Å². The second kappa shape index (κ2) is 13.9. The van der Waals surface area contributed by atoms with E-state index >= 15 is 0 Å². The van der Waals surface area contributed by atoms with Gasteiger partial charge in [0, 0.05) is 84.4 Å². The van der Waals surface area contributed by atoms with Crippen LogP contribution in [0.15, 0.2) is 98.9 Å². The minimum atomic E-state index is -4.98. The van der Waals surface area contributed by atoms with Crippen molar-refractivity contribution in [2.45, 2.75) is 41.9 Å². The van der Waals surface area contributed by atoms with Crippen LogP contribution in [0.3, 0.4) is 0 Å². The predicted octanol–water partition coefficient (Wildman–Crippen LogP) is 4.08. The number of benzene rings is 4. The molecule has 0 spiro atoms. The number of carbonyl (C=O) groups excluding carboxylic acids is 2. The monoisotopic (exact) mass is 782 g/mol. The van der Waals surface area contributed by atoms with E-state index in [0.717, 1.165) is 73.1 Å². The van der Waals surface area contributed by atoms with Gasteiger partial charge >= 0.3 is 0 Å². The highest BCUT2D eigenvalue weighted by Crippen LogP contribution is 2.42. The molecule has 0 aromatic heterocycles. The first kappa shape index (κ1) is 36.4. The van der Waals surface area contributed by atoms with Gasteiger partial charge in [-0.3, -0.25) is 23.6 Å². The molecule has 0 radical (unpaired) electrons. The molecule has 16 heteroatoms. The molecule has 4 aromatic rings. The van der Waals surface area contributed by atoms with Crippen LogP contribution in [-0.2, 0) is 42.7 Å². The highest BCUT2D eigenvalue weighted by atomic mass is 32.2. The number of ether oxygens (including phenoxy) is 1. The molecule has 55 heavy (non-hydrogen) atoms. The highest BCUT2D eigenvalue weighted by molar-refractivity contribution is 7.86. The molecular weight excluding hydrogens is 747 g/mol. The van der Waals surface area contributed by atoms with Crippen molar-refractivity contribution < 1.29 is 40.3 Å². The molecule has 0 atom stereocenters. The summed E-state index contributed by atoms with van der Waals surface area (Å²) in [7, 11) is -7.85. The van der Waals surface area contributed by atoms with Crippen LogP contribution >= 0.6 is 0 Å². The average Bonchev–Trinajstić information content (AvgIpc) is 3.48. The minimum absolute atomic E-state index is 0.0470. The van der Waals surface area contributed by atoms with Gasteiger partial charge in [-0.2, -0.15) is 27.1 Å². The summed E-state index contributed by atoms with van der Waals surface area (Å²) in [6.45, 7) is 2.78. The molecule has 0 fully saturated rings. The zero-order valence-electron chi connectivity index (χ0n) is 29.7. The van der Waals surface area contributed by atoms with E-state index in [-0.39, 0.29) is 17.4 Å². The van der Waals surface area contributed by atoms with Crippen LogP contribution in [0, 0.1) is 0 Å². The lowest BCUT2D eigenvalue weighted by atomic mass is 9.87. The summed E-state index contributed by atoms with van der Waals surface area (Å²) in [6, 6.07) is 17.7. The van der Waals surface area contributed by atoms with Crippen LogP contribution in [0.2, 0.25) is 0 Å². The summed E-state index contributed by atoms with van der Waals surface area (Å²) < 4.78 is 78.8. The molecule has 2 N–H and O–H groups in total. The molecule has 0 aliphatic carbocycles. The summed E-state index contributed by atoms with van der Waals surface area (Å²) in [5, 5.41) is 10.6. The van der Waals surface area contributed by atoms with E-state index in [1.807, 2.05) is 42.3 Å². The van der Waals surface area contributed by atoms with Crippen LogP contribution < -0.4 is 24.8 Å². The molecule has 2 amide bonds. The van der Waals surface area contributed by atoms with Crippen molar-refractivity contribution in [1.29, 1.82) is 0 Å². The molecule has 0 unspecified atom stereocenters. The number of aryl methyl sites for hydroxylation is 1. The number of hydrogen-bond acceptors (Lipinski definition) is 10. The molecule has 0 bridgehead atoms. The van der Waals surface area contributed by atoms with Gasteiger partial charge < -0.3 is 9.64 Å².